The molecule has 1 aromatic carbocycles. The maximum absolute atomic E-state index is 12.3. The number of amides is 1. The van der Waals surface area contributed by atoms with Gasteiger partial charge in [0.25, 0.3) is 0 Å². The Morgan fingerprint density at radius 1 is 1.32 bits per heavy atom. The molecule has 0 saturated heterocycles. The number of tetrazole rings is 1. The fourth-order valence-corrected chi connectivity index (χ4v) is 3.88. The second-order valence-electron chi connectivity index (χ2n) is 6.02. The maximum Gasteiger partial charge on any atom is 0.230 e. The number of carbonyl (C=O) groups is 1. The SMILES string of the molecule is CN1CCc2nc(NC(=O)Cc3ccc(-n4cnnn4)cc3)sc2C1. The van der Waals surface area contributed by atoms with E-state index in [0.29, 0.717) is 11.6 Å². The van der Waals surface area contributed by atoms with Gasteiger partial charge in [0.05, 0.1) is 17.8 Å². The van der Waals surface area contributed by atoms with Gasteiger partial charge in [-0.2, -0.15) is 0 Å². The summed E-state index contributed by atoms with van der Waals surface area (Å²) >= 11 is 1.57. The van der Waals surface area contributed by atoms with Crippen LogP contribution >= 0.6 is 11.3 Å². The van der Waals surface area contributed by atoms with Gasteiger partial charge in [-0.15, -0.1) is 16.4 Å². The van der Waals surface area contributed by atoms with Crippen LogP contribution in [0.25, 0.3) is 5.69 Å². The normalized spacial score (nSPS) is 14.3. The van der Waals surface area contributed by atoms with E-state index in [1.807, 2.05) is 24.3 Å². The van der Waals surface area contributed by atoms with Crippen molar-refractivity contribution < 1.29 is 4.79 Å². The zero-order valence-corrected chi connectivity index (χ0v) is 14.5. The monoisotopic (exact) mass is 355 g/mol. The first-order chi connectivity index (χ1) is 12.2. The lowest BCUT2D eigenvalue weighted by molar-refractivity contribution is -0.115. The van der Waals surface area contributed by atoms with Gasteiger partial charge in [-0.3, -0.25) is 4.79 Å². The second kappa shape index (κ2) is 6.69. The van der Waals surface area contributed by atoms with Crippen LogP contribution in [0.3, 0.4) is 0 Å². The van der Waals surface area contributed by atoms with Crippen LogP contribution < -0.4 is 5.32 Å². The Bertz CT molecular complexity index is 873. The predicted molar refractivity (Wildman–Crippen MR) is 93.6 cm³/mol. The Balaban J connectivity index is 1.39. The number of fused-ring (bicyclic) bond motifs is 1. The zero-order chi connectivity index (χ0) is 17.2. The molecule has 1 aliphatic rings. The zero-order valence-electron chi connectivity index (χ0n) is 13.7. The lowest BCUT2D eigenvalue weighted by atomic mass is 10.1. The average Bonchev–Trinajstić information content (AvgIpc) is 3.24. The summed E-state index contributed by atoms with van der Waals surface area (Å²) in [7, 11) is 2.10. The molecule has 0 bridgehead atoms. The number of nitrogens with zero attached hydrogens (tertiary/aromatic N) is 6. The van der Waals surface area contributed by atoms with Gasteiger partial charge in [0, 0.05) is 24.4 Å². The summed E-state index contributed by atoms with van der Waals surface area (Å²) in [5, 5.41) is 14.7. The fourth-order valence-electron chi connectivity index (χ4n) is 2.77. The van der Waals surface area contributed by atoms with Crippen molar-refractivity contribution in [3.8, 4) is 5.69 Å². The smallest absolute Gasteiger partial charge is 0.230 e. The minimum atomic E-state index is -0.0605. The molecule has 1 amide bonds. The largest absolute Gasteiger partial charge is 0.302 e. The first-order valence-electron chi connectivity index (χ1n) is 7.96. The van der Waals surface area contributed by atoms with E-state index in [2.05, 4.69) is 37.8 Å². The third-order valence-corrected chi connectivity index (χ3v) is 5.08. The number of hydrogen-bond donors (Lipinski definition) is 1. The molecule has 0 saturated carbocycles. The molecule has 0 spiro atoms. The van der Waals surface area contributed by atoms with Crippen LogP contribution in [-0.4, -0.2) is 49.6 Å². The van der Waals surface area contributed by atoms with Gasteiger partial charge >= 0.3 is 0 Å². The van der Waals surface area contributed by atoms with E-state index in [0.717, 1.165) is 36.5 Å². The topological polar surface area (TPSA) is 88.8 Å². The minimum absolute atomic E-state index is 0.0605. The summed E-state index contributed by atoms with van der Waals surface area (Å²) in [6.07, 6.45) is 2.78. The summed E-state index contributed by atoms with van der Waals surface area (Å²) in [6, 6.07) is 7.57. The summed E-state index contributed by atoms with van der Waals surface area (Å²) in [4.78, 5) is 20.3. The summed E-state index contributed by atoms with van der Waals surface area (Å²) in [5.41, 5.74) is 2.89. The number of rotatable bonds is 4. The average molecular weight is 355 g/mol. The first kappa shape index (κ1) is 15.9. The molecule has 0 aliphatic carbocycles. The summed E-state index contributed by atoms with van der Waals surface area (Å²) in [5.74, 6) is -0.0605. The standard InChI is InChI=1S/C16H17N7OS/c1-22-7-6-13-14(9-22)25-16(18-13)19-15(24)8-11-2-4-12(5-3-11)23-10-17-20-21-23/h2-5,10H,6-9H2,1H3,(H,18,19,24). The Labute approximate surface area is 148 Å². The van der Waals surface area contributed by atoms with E-state index in [-0.39, 0.29) is 5.91 Å². The number of aromatic nitrogens is 5. The van der Waals surface area contributed by atoms with Gasteiger partial charge in [-0.25, -0.2) is 9.67 Å². The van der Waals surface area contributed by atoms with Gasteiger partial charge in [0.1, 0.15) is 6.33 Å². The van der Waals surface area contributed by atoms with Gasteiger partial charge < -0.3 is 10.2 Å². The quantitative estimate of drug-likeness (QED) is 0.759. The van der Waals surface area contributed by atoms with E-state index in [4.69, 9.17) is 0 Å². The van der Waals surface area contributed by atoms with Crippen molar-refractivity contribution in [2.75, 3.05) is 18.9 Å². The van der Waals surface area contributed by atoms with Gasteiger partial charge in [-0.05, 0) is 35.2 Å². The van der Waals surface area contributed by atoms with E-state index in [1.165, 1.54) is 11.2 Å². The maximum atomic E-state index is 12.3. The molecule has 8 nitrogen and oxygen atoms in total. The Morgan fingerprint density at radius 2 is 2.16 bits per heavy atom. The Morgan fingerprint density at radius 3 is 2.92 bits per heavy atom. The van der Waals surface area contributed by atoms with Crippen LogP contribution in [0.15, 0.2) is 30.6 Å². The molecule has 4 rings (SSSR count). The van der Waals surface area contributed by atoms with Crippen molar-refractivity contribution in [3.05, 3.63) is 46.7 Å². The molecular formula is C16H17N7OS. The van der Waals surface area contributed by atoms with Crippen molar-refractivity contribution in [2.45, 2.75) is 19.4 Å². The van der Waals surface area contributed by atoms with Gasteiger partial charge in [-0.1, -0.05) is 12.1 Å². The number of thiazole rings is 1. The summed E-state index contributed by atoms with van der Waals surface area (Å²) in [6.45, 7) is 1.92. The van der Waals surface area contributed by atoms with Crippen LogP contribution in [-0.2, 0) is 24.2 Å². The van der Waals surface area contributed by atoms with Crippen LogP contribution in [0.5, 0.6) is 0 Å². The number of anilines is 1. The Hall–Kier alpha value is -2.65. The van der Waals surface area contributed by atoms with E-state index < -0.39 is 0 Å². The Kier molecular flexibility index (Phi) is 4.24. The van der Waals surface area contributed by atoms with E-state index in [9.17, 15) is 4.79 Å². The molecule has 25 heavy (non-hydrogen) atoms. The number of benzene rings is 1. The lowest BCUT2D eigenvalue weighted by Gasteiger charge is -2.20. The highest BCUT2D eigenvalue weighted by atomic mass is 32.1. The van der Waals surface area contributed by atoms with Crippen LogP contribution in [0.1, 0.15) is 16.1 Å². The molecule has 0 unspecified atom stereocenters. The van der Waals surface area contributed by atoms with E-state index in [1.54, 1.807) is 16.0 Å². The molecular weight excluding hydrogens is 338 g/mol. The molecule has 0 radical (unpaired) electrons. The third-order valence-electron chi connectivity index (χ3n) is 4.08. The van der Waals surface area contributed by atoms with E-state index >= 15 is 0 Å². The van der Waals surface area contributed by atoms with Crippen molar-refractivity contribution in [1.29, 1.82) is 0 Å². The third kappa shape index (κ3) is 3.57. The number of carbonyl (C=O) groups excluding carboxylic acids is 1. The summed E-state index contributed by atoms with van der Waals surface area (Å²) < 4.78 is 1.57. The highest BCUT2D eigenvalue weighted by Gasteiger charge is 2.19. The molecule has 0 fully saturated rings. The predicted octanol–water partition coefficient (Wildman–Crippen LogP) is 1.29. The van der Waals surface area contributed by atoms with Gasteiger partial charge in [0.15, 0.2) is 5.13 Å². The van der Waals surface area contributed by atoms with Crippen molar-refractivity contribution in [1.82, 2.24) is 30.1 Å². The van der Waals surface area contributed by atoms with Crippen LogP contribution in [0.4, 0.5) is 5.13 Å². The van der Waals surface area contributed by atoms with Gasteiger partial charge in [0.2, 0.25) is 5.91 Å². The highest BCUT2D eigenvalue weighted by Crippen LogP contribution is 2.27. The van der Waals surface area contributed by atoms with Crippen molar-refractivity contribution in [3.63, 3.8) is 0 Å². The van der Waals surface area contributed by atoms with Crippen LogP contribution in [0, 0.1) is 0 Å². The minimum Gasteiger partial charge on any atom is -0.302 e. The molecule has 3 heterocycles. The highest BCUT2D eigenvalue weighted by molar-refractivity contribution is 7.15. The number of hydrogen-bond acceptors (Lipinski definition) is 7. The van der Waals surface area contributed by atoms with Crippen molar-refractivity contribution in [2.24, 2.45) is 0 Å². The lowest BCUT2D eigenvalue weighted by Crippen LogP contribution is -2.25. The first-order valence-corrected chi connectivity index (χ1v) is 8.78. The fraction of sp³-hybridized carbons (Fsp3) is 0.312. The molecule has 2 aromatic heterocycles. The number of nitrogens with one attached hydrogen (secondary N) is 1. The molecule has 0 atom stereocenters. The molecule has 1 N–H and O–H groups in total. The number of likely N-dealkylation sites (N-methyl/N-ethyl adjacent to an activating group) is 1. The van der Waals surface area contributed by atoms with Crippen molar-refractivity contribution >= 4 is 22.4 Å². The molecule has 1 aliphatic heterocycles. The molecule has 3 aromatic rings. The second-order valence-corrected chi connectivity index (χ2v) is 7.11. The molecule has 128 valence electrons. The molecule has 9 heteroatoms. The van der Waals surface area contributed by atoms with Crippen LogP contribution in [0.2, 0.25) is 0 Å².